The lowest BCUT2D eigenvalue weighted by atomic mass is 10.2. The Labute approximate surface area is 214 Å². The maximum absolute atomic E-state index is 2.38. The van der Waals surface area contributed by atoms with Crippen LogP contribution < -0.4 is 0 Å². The van der Waals surface area contributed by atoms with Crippen molar-refractivity contribution in [3.05, 3.63) is 100 Å². The number of halogens is 3. The Balaban J connectivity index is 1.66. The number of hydrogen-bond donors (Lipinski definition) is 0. The molecular weight excluding hydrogens is 729 g/mol. The molecule has 1 aliphatic heterocycles. The maximum Gasteiger partial charge on any atom is 0.0780 e. The van der Waals surface area contributed by atoms with Crippen LogP contribution in [0.4, 0.5) is 0 Å². The molecule has 138 valence electrons. The van der Waals surface area contributed by atoms with Crippen LogP contribution in [0, 0.1) is 10.7 Å². The summed E-state index contributed by atoms with van der Waals surface area (Å²) in [5.41, 5.74) is 4.24. The van der Waals surface area contributed by atoms with E-state index in [0.29, 0.717) is 13.7 Å². The van der Waals surface area contributed by atoms with Crippen LogP contribution in [0.15, 0.2) is 72.8 Å². The smallest absolute Gasteiger partial charge is 0.0780 e. The molecule has 3 aromatic rings. The topological polar surface area (TPSA) is 0 Å². The number of rotatable bonds is 3. The SMILES string of the molecule is Ic1ccc(C2SC(c3ccc(I)cc3)SC(c3ccc(I)cc3)S2)cc1. The summed E-state index contributed by atoms with van der Waals surface area (Å²) >= 11 is 13.4. The molecule has 0 atom stereocenters. The van der Waals surface area contributed by atoms with Gasteiger partial charge in [0.25, 0.3) is 0 Å². The first-order valence-electron chi connectivity index (χ1n) is 8.31. The summed E-state index contributed by atoms with van der Waals surface area (Å²) in [6.07, 6.45) is 0. The van der Waals surface area contributed by atoms with Crippen LogP contribution in [-0.4, -0.2) is 0 Å². The molecule has 1 heterocycles. The van der Waals surface area contributed by atoms with E-state index in [-0.39, 0.29) is 0 Å². The summed E-state index contributed by atoms with van der Waals surface area (Å²) < 4.78 is 5.20. The Bertz CT molecular complexity index is 767. The molecule has 1 fully saturated rings. The van der Waals surface area contributed by atoms with Crippen LogP contribution in [0.25, 0.3) is 0 Å². The molecular formula is C21H15I3S3. The van der Waals surface area contributed by atoms with Gasteiger partial charge < -0.3 is 0 Å². The van der Waals surface area contributed by atoms with Crippen molar-refractivity contribution in [3.63, 3.8) is 0 Å². The van der Waals surface area contributed by atoms with E-state index in [1.807, 2.05) is 0 Å². The molecule has 6 heteroatoms. The third-order valence-electron chi connectivity index (χ3n) is 4.17. The van der Waals surface area contributed by atoms with Gasteiger partial charge in [-0.3, -0.25) is 0 Å². The van der Waals surface area contributed by atoms with Crippen LogP contribution >= 0.6 is 103 Å². The Kier molecular flexibility index (Phi) is 7.68. The monoisotopic (exact) mass is 744 g/mol. The van der Waals surface area contributed by atoms with Crippen LogP contribution in [0.3, 0.4) is 0 Å². The molecule has 3 aromatic carbocycles. The molecule has 0 nitrogen and oxygen atoms in total. The summed E-state index contributed by atoms with van der Waals surface area (Å²) in [6, 6.07) is 27.1. The summed E-state index contributed by atoms with van der Waals surface area (Å²) in [6.45, 7) is 0. The van der Waals surface area contributed by atoms with Gasteiger partial charge in [0, 0.05) is 10.7 Å². The van der Waals surface area contributed by atoms with Gasteiger partial charge in [0.2, 0.25) is 0 Å². The molecule has 0 bridgehead atoms. The van der Waals surface area contributed by atoms with Gasteiger partial charge in [-0.15, -0.1) is 35.3 Å². The maximum atomic E-state index is 2.38. The van der Waals surface area contributed by atoms with Crippen molar-refractivity contribution < 1.29 is 0 Å². The molecule has 0 radical (unpaired) electrons. The second-order valence-electron chi connectivity index (χ2n) is 6.06. The molecule has 0 aromatic heterocycles. The first kappa shape index (κ1) is 21.1. The predicted octanol–water partition coefficient (Wildman–Crippen LogP) is 9.11. The second-order valence-corrected chi connectivity index (χ2v) is 14.3. The average Bonchev–Trinajstić information content (AvgIpc) is 2.69. The van der Waals surface area contributed by atoms with Crippen molar-refractivity contribution in [2.45, 2.75) is 13.7 Å². The lowest BCUT2D eigenvalue weighted by Crippen LogP contribution is -2.06. The minimum atomic E-state index is 0.441. The lowest BCUT2D eigenvalue weighted by Gasteiger charge is -2.34. The summed E-state index contributed by atoms with van der Waals surface area (Å²) in [7, 11) is 0. The van der Waals surface area contributed by atoms with Gasteiger partial charge in [0.1, 0.15) is 0 Å². The van der Waals surface area contributed by atoms with Crippen molar-refractivity contribution in [1.29, 1.82) is 0 Å². The minimum Gasteiger partial charge on any atom is -0.123 e. The third kappa shape index (κ3) is 5.53. The third-order valence-corrected chi connectivity index (χ3v) is 11.4. The van der Waals surface area contributed by atoms with E-state index >= 15 is 0 Å². The van der Waals surface area contributed by atoms with Crippen molar-refractivity contribution in [2.75, 3.05) is 0 Å². The Morgan fingerprint density at radius 2 is 0.630 bits per heavy atom. The van der Waals surface area contributed by atoms with Gasteiger partial charge in [0.15, 0.2) is 0 Å². The normalized spacial score (nSPS) is 22.6. The second kappa shape index (κ2) is 9.80. The van der Waals surface area contributed by atoms with E-state index in [4.69, 9.17) is 0 Å². The predicted molar refractivity (Wildman–Crippen MR) is 148 cm³/mol. The van der Waals surface area contributed by atoms with Crippen molar-refractivity contribution in [2.24, 2.45) is 0 Å². The van der Waals surface area contributed by atoms with E-state index in [9.17, 15) is 0 Å². The number of benzene rings is 3. The van der Waals surface area contributed by atoms with Gasteiger partial charge in [-0.25, -0.2) is 0 Å². The van der Waals surface area contributed by atoms with Crippen molar-refractivity contribution in [3.8, 4) is 0 Å². The molecule has 1 saturated heterocycles. The molecule has 0 spiro atoms. The first-order chi connectivity index (χ1) is 13.1. The highest BCUT2D eigenvalue weighted by Gasteiger charge is 2.33. The fourth-order valence-corrected chi connectivity index (χ4v) is 9.80. The highest BCUT2D eigenvalue weighted by atomic mass is 127. The Morgan fingerprint density at radius 3 is 0.852 bits per heavy atom. The number of thioether (sulfide) groups is 3. The average molecular weight is 744 g/mol. The van der Waals surface area contributed by atoms with Crippen LogP contribution in [-0.2, 0) is 0 Å². The van der Waals surface area contributed by atoms with Gasteiger partial charge in [-0.05, 0) is 121 Å². The fourth-order valence-electron chi connectivity index (χ4n) is 2.76. The summed E-state index contributed by atoms with van der Waals surface area (Å²) in [4.78, 5) is 0. The molecule has 0 unspecified atom stereocenters. The Hall–Kier alpha value is 0.900. The van der Waals surface area contributed by atoms with Crippen molar-refractivity contribution in [1.82, 2.24) is 0 Å². The molecule has 4 rings (SSSR count). The molecule has 0 aliphatic carbocycles. The largest absolute Gasteiger partial charge is 0.123 e. The lowest BCUT2D eigenvalue weighted by molar-refractivity contribution is 1.25. The van der Waals surface area contributed by atoms with E-state index in [0.717, 1.165) is 0 Å². The zero-order valence-electron chi connectivity index (χ0n) is 14.0. The summed E-state index contributed by atoms with van der Waals surface area (Å²) in [5, 5.41) is 0. The van der Waals surface area contributed by atoms with Gasteiger partial charge in [-0.1, -0.05) is 36.4 Å². The van der Waals surface area contributed by atoms with E-state index < -0.39 is 0 Å². The fraction of sp³-hybridized carbons (Fsp3) is 0.143. The zero-order valence-corrected chi connectivity index (χ0v) is 22.9. The van der Waals surface area contributed by atoms with E-state index in [2.05, 4.69) is 176 Å². The van der Waals surface area contributed by atoms with Crippen LogP contribution in [0.1, 0.15) is 30.4 Å². The standard InChI is InChI=1S/C21H15I3S3/c22-16-7-1-13(2-8-16)19-25-20(14-3-9-17(23)10-4-14)27-21(26-19)15-5-11-18(24)12-6-15/h1-12,19-21H. The van der Waals surface area contributed by atoms with Crippen LogP contribution in [0.2, 0.25) is 0 Å². The first-order valence-corrected chi connectivity index (χ1v) is 14.4. The molecule has 0 amide bonds. The van der Waals surface area contributed by atoms with Gasteiger partial charge in [-0.2, -0.15) is 0 Å². The van der Waals surface area contributed by atoms with E-state index in [1.54, 1.807) is 0 Å². The highest BCUT2D eigenvalue weighted by molar-refractivity contribution is 14.1. The van der Waals surface area contributed by atoms with Crippen molar-refractivity contribution >= 4 is 103 Å². The summed E-state index contributed by atoms with van der Waals surface area (Å²) in [5.74, 6) is 0. The molecule has 0 N–H and O–H groups in total. The molecule has 27 heavy (non-hydrogen) atoms. The molecule has 1 aliphatic rings. The van der Waals surface area contributed by atoms with E-state index in [1.165, 1.54) is 27.4 Å². The highest BCUT2D eigenvalue weighted by Crippen LogP contribution is 2.66. The van der Waals surface area contributed by atoms with Crippen LogP contribution in [0.5, 0.6) is 0 Å². The number of hydrogen-bond acceptors (Lipinski definition) is 3. The quantitative estimate of drug-likeness (QED) is 0.246. The minimum absolute atomic E-state index is 0.441. The van der Waals surface area contributed by atoms with Gasteiger partial charge in [0.05, 0.1) is 13.7 Å². The molecule has 0 saturated carbocycles. The van der Waals surface area contributed by atoms with Gasteiger partial charge >= 0.3 is 0 Å². The Morgan fingerprint density at radius 1 is 0.407 bits per heavy atom. The zero-order chi connectivity index (χ0) is 18.8.